The van der Waals surface area contributed by atoms with E-state index in [1.807, 2.05) is 0 Å². The summed E-state index contributed by atoms with van der Waals surface area (Å²) in [4.78, 5) is 12.5. The van der Waals surface area contributed by atoms with E-state index in [1.165, 1.54) is 25.7 Å². The van der Waals surface area contributed by atoms with Crippen LogP contribution in [0.15, 0.2) is 12.1 Å². The molecule has 0 unspecified atom stereocenters. The lowest BCUT2D eigenvalue weighted by Crippen LogP contribution is -2.31. The van der Waals surface area contributed by atoms with Crippen molar-refractivity contribution in [2.45, 2.75) is 25.7 Å². The van der Waals surface area contributed by atoms with Crippen LogP contribution in [0.4, 0.5) is 0 Å². The average Bonchev–Trinajstić information content (AvgIpc) is 3.21. The van der Waals surface area contributed by atoms with E-state index in [1.54, 1.807) is 33.5 Å². The number of fused-ring (bicyclic) bond motifs is 2. The van der Waals surface area contributed by atoms with Gasteiger partial charge in [0.15, 0.2) is 11.5 Å². The van der Waals surface area contributed by atoms with Crippen LogP contribution in [0.25, 0.3) is 0 Å². The number of carbonyl (C=O) groups is 1. The Kier molecular flexibility index (Phi) is 4.64. The number of methoxy groups -OCH3 is 3. The van der Waals surface area contributed by atoms with E-state index in [2.05, 4.69) is 5.32 Å². The molecule has 23 heavy (non-hydrogen) atoms. The summed E-state index contributed by atoms with van der Waals surface area (Å²) in [7, 11) is 4.65. The predicted octanol–water partition coefficient (Wildman–Crippen LogP) is 2.88. The van der Waals surface area contributed by atoms with Crippen LogP contribution >= 0.6 is 0 Å². The van der Waals surface area contributed by atoms with Crippen molar-refractivity contribution in [2.24, 2.45) is 17.8 Å². The number of carbonyl (C=O) groups excluding carboxylic acids is 1. The first-order valence-corrected chi connectivity index (χ1v) is 8.24. The standard InChI is InChI=1S/C18H25NO4/c1-21-15-8-13(9-16(22-2)17(15)23-3)18(20)19-10-14-7-11-4-5-12(14)6-11/h8-9,11-12,14H,4-7,10H2,1-3H3,(H,19,20)/t11-,12-,14+/m0/s1. The molecule has 1 N–H and O–H groups in total. The van der Waals surface area contributed by atoms with E-state index < -0.39 is 0 Å². The van der Waals surface area contributed by atoms with Crippen molar-refractivity contribution in [3.8, 4) is 17.2 Å². The smallest absolute Gasteiger partial charge is 0.251 e. The van der Waals surface area contributed by atoms with Gasteiger partial charge in [-0.05, 0) is 49.1 Å². The number of hydrogen-bond acceptors (Lipinski definition) is 4. The lowest BCUT2D eigenvalue weighted by Gasteiger charge is -2.22. The number of nitrogens with one attached hydrogen (secondary N) is 1. The van der Waals surface area contributed by atoms with Crippen LogP contribution in [0, 0.1) is 17.8 Å². The lowest BCUT2D eigenvalue weighted by molar-refractivity contribution is 0.0941. The van der Waals surface area contributed by atoms with Crippen LogP contribution in [0.2, 0.25) is 0 Å². The molecule has 2 aliphatic carbocycles. The van der Waals surface area contributed by atoms with Gasteiger partial charge < -0.3 is 19.5 Å². The fourth-order valence-corrected chi connectivity index (χ4v) is 4.16. The predicted molar refractivity (Wildman–Crippen MR) is 87.4 cm³/mol. The minimum absolute atomic E-state index is 0.0907. The van der Waals surface area contributed by atoms with Gasteiger partial charge in [-0.3, -0.25) is 4.79 Å². The Morgan fingerprint density at radius 2 is 1.78 bits per heavy atom. The molecule has 1 amide bonds. The second-order valence-electron chi connectivity index (χ2n) is 6.56. The fourth-order valence-electron chi connectivity index (χ4n) is 4.16. The molecule has 2 aliphatic rings. The summed E-state index contributed by atoms with van der Waals surface area (Å²) in [5, 5.41) is 3.07. The summed E-state index contributed by atoms with van der Waals surface area (Å²) in [6.07, 6.45) is 5.32. The van der Waals surface area contributed by atoms with Crippen molar-refractivity contribution in [1.29, 1.82) is 0 Å². The molecule has 5 heteroatoms. The molecule has 0 saturated heterocycles. The van der Waals surface area contributed by atoms with E-state index in [-0.39, 0.29) is 5.91 Å². The quantitative estimate of drug-likeness (QED) is 0.876. The number of hydrogen-bond donors (Lipinski definition) is 1. The lowest BCUT2D eigenvalue weighted by atomic mass is 9.89. The van der Waals surface area contributed by atoms with Crippen molar-refractivity contribution in [2.75, 3.05) is 27.9 Å². The maximum absolute atomic E-state index is 12.5. The SMILES string of the molecule is COc1cc(C(=O)NC[C@H]2C[C@H]3CC[C@H]2C3)cc(OC)c1OC. The van der Waals surface area contributed by atoms with Gasteiger partial charge in [-0.2, -0.15) is 0 Å². The van der Waals surface area contributed by atoms with Crippen LogP contribution in [0.3, 0.4) is 0 Å². The Morgan fingerprint density at radius 1 is 1.09 bits per heavy atom. The normalized spacial score (nSPS) is 25.3. The maximum Gasteiger partial charge on any atom is 0.251 e. The summed E-state index contributed by atoms with van der Waals surface area (Å²) in [6.45, 7) is 0.761. The van der Waals surface area contributed by atoms with Crippen molar-refractivity contribution in [3.05, 3.63) is 17.7 Å². The van der Waals surface area contributed by atoms with Crippen LogP contribution in [0.1, 0.15) is 36.0 Å². The van der Waals surface area contributed by atoms with Crippen molar-refractivity contribution in [3.63, 3.8) is 0 Å². The largest absolute Gasteiger partial charge is 0.493 e. The van der Waals surface area contributed by atoms with Gasteiger partial charge >= 0.3 is 0 Å². The van der Waals surface area contributed by atoms with Gasteiger partial charge in [0.1, 0.15) is 0 Å². The van der Waals surface area contributed by atoms with E-state index in [0.29, 0.717) is 28.7 Å². The molecule has 126 valence electrons. The molecule has 0 radical (unpaired) electrons. The van der Waals surface area contributed by atoms with E-state index in [0.717, 1.165) is 18.4 Å². The number of benzene rings is 1. The summed E-state index contributed by atoms with van der Waals surface area (Å²) < 4.78 is 15.9. The maximum atomic E-state index is 12.5. The fraction of sp³-hybridized carbons (Fsp3) is 0.611. The van der Waals surface area contributed by atoms with E-state index >= 15 is 0 Å². The Labute approximate surface area is 137 Å². The monoisotopic (exact) mass is 319 g/mol. The molecule has 0 spiro atoms. The van der Waals surface area contributed by atoms with Gasteiger partial charge in [0.25, 0.3) is 5.91 Å². The summed E-state index contributed by atoms with van der Waals surface area (Å²) >= 11 is 0. The molecule has 1 aromatic carbocycles. The molecular formula is C18H25NO4. The van der Waals surface area contributed by atoms with Gasteiger partial charge in [0, 0.05) is 12.1 Å². The van der Waals surface area contributed by atoms with Crippen LogP contribution in [-0.4, -0.2) is 33.8 Å². The highest BCUT2D eigenvalue weighted by atomic mass is 16.5. The highest BCUT2D eigenvalue weighted by Gasteiger charge is 2.39. The average molecular weight is 319 g/mol. The summed E-state index contributed by atoms with van der Waals surface area (Å²) in [5.74, 6) is 3.74. The third-order valence-electron chi connectivity index (χ3n) is 5.34. The van der Waals surface area contributed by atoms with Gasteiger partial charge in [0.2, 0.25) is 5.75 Å². The number of ether oxygens (including phenoxy) is 3. The highest BCUT2D eigenvalue weighted by molar-refractivity contribution is 5.95. The molecule has 1 aromatic rings. The summed E-state index contributed by atoms with van der Waals surface area (Å²) in [6, 6.07) is 3.38. The zero-order chi connectivity index (χ0) is 16.4. The second-order valence-corrected chi connectivity index (χ2v) is 6.56. The topological polar surface area (TPSA) is 56.8 Å². The first-order valence-electron chi connectivity index (χ1n) is 8.24. The van der Waals surface area contributed by atoms with E-state index in [4.69, 9.17) is 14.2 Å². The minimum atomic E-state index is -0.0907. The molecule has 2 fully saturated rings. The van der Waals surface area contributed by atoms with Crippen molar-refractivity contribution >= 4 is 5.91 Å². The molecule has 3 atom stereocenters. The Hall–Kier alpha value is -1.91. The van der Waals surface area contributed by atoms with Gasteiger partial charge in [0.05, 0.1) is 21.3 Å². The molecule has 3 rings (SSSR count). The van der Waals surface area contributed by atoms with Gasteiger partial charge in [-0.15, -0.1) is 0 Å². The Bertz CT molecular complexity index is 561. The molecule has 2 saturated carbocycles. The summed E-state index contributed by atoms with van der Waals surface area (Å²) in [5.41, 5.74) is 0.530. The van der Waals surface area contributed by atoms with Gasteiger partial charge in [-0.25, -0.2) is 0 Å². The Balaban J connectivity index is 1.69. The third-order valence-corrected chi connectivity index (χ3v) is 5.34. The minimum Gasteiger partial charge on any atom is -0.493 e. The molecule has 5 nitrogen and oxygen atoms in total. The number of amides is 1. The van der Waals surface area contributed by atoms with Crippen molar-refractivity contribution in [1.82, 2.24) is 5.32 Å². The van der Waals surface area contributed by atoms with Crippen LogP contribution in [0.5, 0.6) is 17.2 Å². The molecule has 0 aromatic heterocycles. The van der Waals surface area contributed by atoms with Crippen molar-refractivity contribution < 1.29 is 19.0 Å². The number of rotatable bonds is 6. The second kappa shape index (κ2) is 6.69. The zero-order valence-corrected chi connectivity index (χ0v) is 14.1. The van der Waals surface area contributed by atoms with Gasteiger partial charge in [-0.1, -0.05) is 6.42 Å². The zero-order valence-electron chi connectivity index (χ0n) is 14.1. The van der Waals surface area contributed by atoms with Crippen LogP contribution in [-0.2, 0) is 0 Å². The molecule has 0 aliphatic heterocycles. The third kappa shape index (κ3) is 3.09. The molecule has 0 heterocycles. The first kappa shape index (κ1) is 16.0. The molecular weight excluding hydrogens is 294 g/mol. The van der Waals surface area contributed by atoms with Crippen LogP contribution < -0.4 is 19.5 Å². The highest BCUT2D eigenvalue weighted by Crippen LogP contribution is 2.48. The Morgan fingerprint density at radius 3 is 2.26 bits per heavy atom. The van der Waals surface area contributed by atoms with E-state index in [9.17, 15) is 4.79 Å². The first-order chi connectivity index (χ1) is 11.2. The molecule has 2 bridgehead atoms.